The third-order valence-corrected chi connectivity index (χ3v) is 1.74. The lowest BCUT2D eigenvalue weighted by Gasteiger charge is -1.97. The maximum Gasteiger partial charge on any atom is 0.160 e. The molecule has 0 saturated heterocycles. The van der Waals surface area contributed by atoms with Gasteiger partial charge in [0.05, 0.1) is 5.02 Å². The Morgan fingerprint density at radius 2 is 1.85 bits per heavy atom. The monoisotopic (exact) mass is 191 g/mol. The number of halogens is 1. The molecule has 0 aliphatic carbocycles. The zero-order valence-electron chi connectivity index (χ0n) is 6.68. The van der Waals surface area contributed by atoms with E-state index in [9.17, 15) is 0 Å². The van der Waals surface area contributed by atoms with E-state index in [2.05, 4.69) is 15.0 Å². The van der Waals surface area contributed by atoms with Gasteiger partial charge >= 0.3 is 0 Å². The van der Waals surface area contributed by atoms with Gasteiger partial charge in [-0.25, -0.2) is 9.97 Å². The van der Waals surface area contributed by atoms with E-state index >= 15 is 0 Å². The molecule has 0 saturated carbocycles. The summed E-state index contributed by atoms with van der Waals surface area (Å²) in [4.78, 5) is 12.1. The maximum atomic E-state index is 5.66. The summed E-state index contributed by atoms with van der Waals surface area (Å²) >= 11 is 5.66. The first-order valence-electron chi connectivity index (χ1n) is 3.74. The summed E-state index contributed by atoms with van der Waals surface area (Å²) in [6.07, 6.45) is 6.55. The third-order valence-electron chi connectivity index (χ3n) is 1.54. The fourth-order valence-corrected chi connectivity index (χ4v) is 1.05. The quantitative estimate of drug-likeness (QED) is 0.694. The van der Waals surface area contributed by atoms with Gasteiger partial charge in [0.1, 0.15) is 0 Å². The normalized spacial score (nSPS) is 9.92. The third kappa shape index (κ3) is 1.81. The molecule has 0 radical (unpaired) electrons. The van der Waals surface area contributed by atoms with E-state index in [0.717, 1.165) is 5.56 Å². The smallest absolute Gasteiger partial charge is 0.160 e. The first-order valence-corrected chi connectivity index (χ1v) is 4.12. The molecule has 0 unspecified atom stereocenters. The molecule has 0 aliphatic rings. The Hall–Kier alpha value is -1.48. The van der Waals surface area contributed by atoms with E-state index in [1.807, 2.05) is 12.1 Å². The number of hydrogen-bond acceptors (Lipinski definition) is 3. The van der Waals surface area contributed by atoms with Crippen molar-refractivity contribution in [3.05, 3.63) is 41.9 Å². The minimum Gasteiger partial charge on any atom is -0.264 e. The van der Waals surface area contributed by atoms with Crippen LogP contribution in [-0.2, 0) is 0 Å². The SMILES string of the molecule is Clc1cnc(-c2cccnc2)nc1. The molecule has 4 heteroatoms. The van der Waals surface area contributed by atoms with Crippen LogP contribution < -0.4 is 0 Å². The van der Waals surface area contributed by atoms with Crippen molar-refractivity contribution in [3.63, 3.8) is 0 Å². The van der Waals surface area contributed by atoms with Gasteiger partial charge in [-0.3, -0.25) is 4.98 Å². The fourth-order valence-electron chi connectivity index (χ4n) is 0.956. The molecular formula is C9H6ClN3. The fraction of sp³-hybridized carbons (Fsp3) is 0. The second kappa shape index (κ2) is 3.49. The predicted molar refractivity (Wildman–Crippen MR) is 50.3 cm³/mol. The number of hydrogen-bond donors (Lipinski definition) is 0. The number of rotatable bonds is 1. The second-order valence-corrected chi connectivity index (χ2v) is 2.90. The predicted octanol–water partition coefficient (Wildman–Crippen LogP) is 2.19. The van der Waals surface area contributed by atoms with E-state index in [1.54, 1.807) is 24.8 Å². The highest BCUT2D eigenvalue weighted by Gasteiger charge is 1.98. The van der Waals surface area contributed by atoms with E-state index in [-0.39, 0.29) is 0 Å². The van der Waals surface area contributed by atoms with Crippen LogP contribution in [0, 0.1) is 0 Å². The average molecular weight is 192 g/mol. The molecule has 0 bridgehead atoms. The summed E-state index contributed by atoms with van der Waals surface area (Å²) in [6, 6.07) is 3.74. The minimum absolute atomic E-state index is 0.535. The Morgan fingerprint density at radius 1 is 1.08 bits per heavy atom. The van der Waals surface area contributed by atoms with Crippen LogP contribution in [0.25, 0.3) is 11.4 Å². The Labute approximate surface area is 80.5 Å². The summed E-state index contributed by atoms with van der Waals surface area (Å²) in [5, 5.41) is 0.535. The molecule has 0 atom stereocenters. The molecule has 2 rings (SSSR count). The van der Waals surface area contributed by atoms with Crippen LogP contribution in [0.1, 0.15) is 0 Å². The molecule has 0 amide bonds. The number of aromatic nitrogens is 3. The molecule has 13 heavy (non-hydrogen) atoms. The summed E-state index contributed by atoms with van der Waals surface area (Å²) in [5.41, 5.74) is 0.888. The van der Waals surface area contributed by atoms with E-state index in [1.165, 1.54) is 0 Å². The van der Waals surface area contributed by atoms with Crippen molar-refractivity contribution in [1.29, 1.82) is 0 Å². The largest absolute Gasteiger partial charge is 0.264 e. The first-order chi connectivity index (χ1) is 6.36. The van der Waals surface area contributed by atoms with Gasteiger partial charge in [0.2, 0.25) is 0 Å². The Balaban J connectivity index is 2.42. The Bertz CT molecular complexity index is 385. The molecule has 2 heterocycles. The molecule has 2 aromatic rings. The van der Waals surface area contributed by atoms with Crippen molar-refractivity contribution in [2.45, 2.75) is 0 Å². The molecule has 0 fully saturated rings. The average Bonchev–Trinajstić information content (AvgIpc) is 2.20. The Morgan fingerprint density at radius 3 is 2.46 bits per heavy atom. The topological polar surface area (TPSA) is 38.7 Å². The lowest BCUT2D eigenvalue weighted by molar-refractivity contribution is 1.16. The zero-order chi connectivity index (χ0) is 9.10. The highest BCUT2D eigenvalue weighted by atomic mass is 35.5. The van der Waals surface area contributed by atoms with Crippen LogP contribution in [-0.4, -0.2) is 15.0 Å². The van der Waals surface area contributed by atoms with Crippen molar-refractivity contribution in [1.82, 2.24) is 15.0 Å². The van der Waals surface area contributed by atoms with Gasteiger partial charge in [-0.05, 0) is 12.1 Å². The van der Waals surface area contributed by atoms with Gasteiger partial charge in [-0.2, -0.15) is 0 Å². The van der Waals surface area contributed by atoms with Gasteiger partial charge in [0, 0.05) is 30.4 Å². The van der Waals surface area contributed by atoms with Gasteiger partial charge in [-0.15, -0.1) is 0 Å². The van der Waals surface area contributed by atoms with E-state index in [0.29, 0.717) is 10.8 Å². The standard InChI is InChI=1S/C9H6ClN3/c10-8-5-12-9(13-6-8)7-2-1-3-11-4-7/h1-6H. The molecule has 3 nitrogen and oxygen atoms in total. The summed E-state index contributed by atoms with van der Waals surface area (Å²) < 4.78 is 0. The lowest BCUT2D eigenvalue weighted by atomic mass is 10.3. The van der Waals surface area contributed by atoms with Crippen molar-refractivity contribution in [2.75, 3.05) is 0 Å². The minimum atomic E-state index is 0.535. The van der Waals surface area contributed by atoms with Crippen LogP contribution in [0.3, 0.4) is 0 Å². The molecule has 0 spiro atoms. The van der Waals surface area contributed by atoms with Gasteiger partial charge in [0.15, 0.2) is 5.82 Å². The van der Waals surface area contributed by atoms with Crippen molar-refractivity contribution < 1.29 is 0 Å². The van der Waals surface area contributed by atoms with Crippen LogP contribution in [0.4, 0.5) is 0 Å². The van der Waals surface area contributed by atoms with Crippen LogP contribution in [0.2, 0.25) is 5.02 Å². The molecule has 64 valence electrons. The number of nitrogens with zero attached hydrogens (tertiary/aromatic N) is 3. The first kappa shape index (κ1) is 8.13. The Kier molecular flexibility index (Phi) is 2.19. The molecule has 0 aromatic carbocycles. The maximum absolute atomic E-state index is 5.66. The summed E-state index contributed by atoms with van der Waals surface area (Å²) in [6.45, 7) is 0. The summed E-state index contributed by atoms with van der Waals surface area (Å²) in [5.74, 6) is 0.637. The van der Waals surface area contributed by atoms with Gasteiger partial charge in [0.25, 0.3) is 0 Å². The highest BCUT2D eigenvalue weighted by molar-refractivity contribution is 6.30. The van der Waals surface area contributed by atoms with E-state index in [4.69, 9.17) is 11.6 Å². The van der Waals surface area contributed by atoms with Crippen LogP contribution >= 0.6 is 11.6 Å². The molecular weight excluding hydrogens is 186 g/mol. The second-order valence-electron chi connectivity index (χ2n) is 2.47. The van der Waals surface area contributed by atoms with Gasteiger partial charge in [-0.1, -0.05) is 11.6 Å². The lowest BCUT2D eigenvalue weighted by Crippen LogP contribution is -1.87. The van der Waals surface area contributed by atoms with Crippen LogP contribution in [0.5, 0.6) is 0 Å². The van der Waals surface area contributed by atoms with Crippen molar-refractivity contribution >= 4 is 11.6 Å². The number of pyridine rings is 1. The molecule has 0 aliphatic heterocycles. The van der Waals surface area contributed by atoms with Crippen molar-refractivity contribution in [3.8, 4) is 11.4 Å². The van der Waals surface area contributed by atoms with Gasteiger partial charge < -0.3 is 0 Å². The molecule has 2 aromatic heterocycles. The van der Waals surface area contributed by atoms with Crippen LogP contribution in [0.15, 0.2) is 36.9 Å². The molecule has 0 N–H and O–H groups in total. The zero-order valence-corrected chi connectivity index (χ0v) is 7.44. The summed E-state index contributed by atoms with van der Waals surface area (Å²) in [7, 11) is 0. The van der Waals surface area contributed by atoms with Crippen molar-refractivity contribution in [2.24, 2.45) is 0 Å². The highest BCUT2D eigenvalue weighted by Crippen LogP contribution is 2.13. The van der Waals surface area contributed by atoms with E-state index < -0.39 is 0 Å².